The average molecular weight is 433 g/mol. The van der Waals surface area contributed by atoms with Gasteiger partial charge in [0.15, 0.2) is 11.5 Å². The number of carbonyl (C=O) groups is 2. The normalized spacial score (nSPS) is 14.9. The number of methoxy groups -OCH3 is 1. The smallest absolute Gasteiger partial charge is 0.329 e. The van der Waals surface area contributed by atoms with Crippen LogP contribution in [-0.2, 0) is 11.4 Å². The minimum atomic E-state index is -0.501. The fourth-order valence-electron chi connectivity index (χ4n) is 2.76. The second-order valence-corrected chi connectivity index (χ2v) is 6.92. The van der Waals surface area contributed by atoms with Gasteiger partial charge in [0.05, 0.1) is 12.1 Å². The number of amides is 3. The summed E-state index contributed by atoms with van der Waals surface area (Å²) in [4.78, 5) is 25.3. The van der Waals surface area contributed by atoms with E-state index in [1.807, 2.05) is 18.2 Å². The monoisotopic (exact) mass is 432 g/mol. The SMILES string of the molecule is C=CCN1C(=O)N/C(=C/c2cc(Cl)c(OCc3ccccc3Cl)c(OC)c2)C1=O. The van der Waals surface area contributed by atoms with E-state index in [0.717, 1.165) is 10.5 Å². The lowest BCUT2D eigenvalue weighted by atomic mass is 10.1. The van der Waals surface area contributed by atoms with Crippen LogP contribution >= 0.6 is 23.2 Å². The van der Waals surface area contributed by atoms with Gasteiger partial charge in [-0.25, -0.2) is 4.79 Å². The van der Waals surface area contributed by atoms with Gasteiger partial charge in [0.2, 0.25) is 0 Å². The molecule has 0 unspecified atom stereocenters. The van der Waals surface area contributed by atoms with E-state index in [-0.39, 0.29) is 18.8 Å². The van der Waals surface area contributed by atoms with Crippen LogP contribution in [0.5, 0.6) is 11.5 Å². The van der Waals surface area contributed by atoms with E-state index in [1.54, 1.807) is 18.2 Å². The van der Waals surface area contributed by atoms with Gasteiger partial charge in [-0.1, -0.05) is 47.5 Å². The van der Waals surface area contributed by atoms with Gasteiger partial charge in [-0.2, -0.15) is 0 Å². The van der Waals surface area contributed by atoms with Crippen molar-refractivity contribution in [1.82, 2.24) is 10.2 Å². The van der Waals surface area contributed by atoms with Crippen LogP contribution in [0.2, 0.25) is 10.0 Å². The molecule has 0 saturated carbocycles. The van der Waals surface area contributed by atoms with Gasteiger partial charge in [-0.05, 0) is 29.8 Å². The van der Waals surface area contributed by atoms with E-state index in [9.17, 15) is 9.59 Å². The standard InChI is InChI=1S/C21H18Cl2N2O4/c1-3-8-25-20(26)17(24-21(25)27)10-13-9-16(23)19(18(11-13)28-2)29-12-14-6-4-5-7-15(14)22/h3-7,9-11H,1,8,12H2,2H3,(H,24,27)/b17-10+. The molecule has 8 heteroatoms. The third-order valence-corrected chi connectivity index (χ3v) is 4.82. The Morgan fingerprint density at radius 1 is 1.17 bits per heavy atom. The fourth-order valence-corrected chi connectivity index (χ4v) is 3.23. The molecule has 0 atom stereocenters. The lowest BCUT2D eigenvalue weighted by molar-refractivity contribution is -0.122. The van der Waals surface area contributed by atoms with Crippen LogP contribution < -0.4 is 14.8 Å². The Morgan fingerprint density at radius 2 is 1.93 bits per heavy atom. The number of nitrogens with one attached hydrogen (secondary N) is 1. The third-order valence-electron chi connectivity index (χ3n) is 4.17. The number of nitrogens with zero attached hydrogens (tertiary/aromatic N) is 1. The number of ether oxygens (including phenoxy) is 2. The van der Waals surface area contributed by atoms with Crippen LogP contribution in [0.3, 0.4) is 0 Å². The molecule has 0 radical (unpaired) electrons. The molecule has 2 aromatic carbocycles. The van der Waals surface area contributed by atoms with Gasteiger partial charge in [0.1, 0.15) is 12.3 Å². The van der Waals surface area contributed by atoms with Crippen LogP contribution in [0.4, 0.5) is 4.79 Å². The van der Waals surface area contributed by atoms with Crippen molar-refractivity contribution < 1.29 is 19.1 Å². The molecule has 0 aromatic heterocycles. The van der Waals surface area contributed by atoms with Crippen LogP contribution in [0.15, 0.2) is 54.8 Å². The number of carbonyl (C=O) groups excluding carboxylic acids is 2. The Bertz CT molecular complexity index is 1000. The predicted molar refractivity (Wildman–Crippen MR) is 112 cm³/mol. The number of hydrogen-bond acceptors (Lipinski definition) is 4. The summed E-state index contributed by atoms with van der Waals surface area (Å²) < 4.78 is 11.2. The molecule has 1 aliphatic rings. The second kappa shape index (κ2) is 9.03. The van der Waals surface area contributed by atoms with Crippen molar-refractivity contribution in [3.63, 3.8) is 0 Å². The van der Waals surface area contributed by atoms with Crippen LogP contribution in [0, 0.1) is 0 Å². The summed E-state index contributed by atoms with van der Waals surface area (Å²) in [6.45, 7) is 3.88. The number of halogens is 2. The highest BCUT2D eigenvalue weighted by Crippen LogP contribution is 2.38. The molecular formula is C21H18Cl2N2O4. The fraction of sp³-hybridized carbons (Fsp3) is 0.143. The van der Waals surface area contributed by atoms with Gasteiger partial charge >= 0.3 is 6.03 Å². The number of hydrogen-bond donors (Lipinski definition) is 1. The van der Waals surface area contributed by atoms with E-state index in [2.05, 4.69) is 11.9 Å². The van der Waals surface area contributed by atoms with Crippen molar-refractivity contribution in [2.75, 3.05) is 13.7 Å². The average Bonchev–Trinajstić information content (AvgIpc) is 2.95. The quantitative estimate of drug-likeness (QED) is 0.392. The van der Waals surface area contributed by atoms with E-state index in [1.165, 1.54) is 19.3 Å². The topological polar surface area (TPSA) is 67.9 Å². The maximum absolute atomic E-state index is 12.3. The zero-order valence-corrected chi connectivity index (χ0v) is 17.1. The Morgan fingerprint density at radius 3 is 2.62 bits per heavy atom. The molecule has 3 amide bonds. The zero-order valence-electron chi connectivity index (χ0n) is 15.6. The molecule has 1 aliphatic heterocycles. The molecule has 0 bridgehead atoms. The number of benzene rings is 2. The highest BCUT2D eigenvalue weighted by Gasteiger charge is 2.32. The summed E-state index contributed by atoms with van der Waals surface area (Å²) >= 11 is 12.5. The van der Waals surface area contributed by atoms with Gasteiger partial charge < -0.3 is 14.8 Å². The first kappa shape index (κ1) is 20.8. The molecule has 1 heterocycles. The van der Waals surface area contributed by atoms with Gasteiger partial charge in [-0.15, -0.1) is 6.58 Å². The number of urea groups is 1. The van der Waals surface area contributed by atoms with Crippen molar-refractivity contribution in [1.29, 1.82) is 0 Å². The van der Waals surface area contributed by atoms with Crippen molar-refractivity contribution in [3.8, 4) is 11.5 Å². The molecule has 3 rings (SSSR count). The van der Waals surface area contributed by atoms with Crippen molar-refractivity contribution in [2.45, 2.75) is 6.61 Å². The summed E-state index contributed by atoms with van der Waals surface area (Å²) in [6, 6.07) is 10.1. The molecule has 150 valence electrons. The van der Waals surface area contributed by atoms with Crippen molar-refractivity contribution in [2.24, 2.45) is 0 Å². The highest BCUT2D eigenvalue weighted by molar-refractivity contribution is 6.32. The van der Waals surface area contributed by atoms with E-state index < -0.39 is 11.9 Å². The van der Waals surface area contributed by atoms with Crippen LogP contribution in [0.1, 0.15) is 11.1 Å². The maximum Gasteiger partial charge on any atom is 0.329 e. The highest BCUT2D eigenvalue weighted by atomic mass is 35.5. The molecule has 2 aromatic rings. The Kier molecular flexibility index (Phi) is 6.46. The van der Waals surface area contributed by atoms with Crippen molar-refractivity contribution in [3.05, 3.63) is 75.9 Å². The number of imide groups is 1. The van der Waals surface area contributed by atoms with Gasteiger partial charge in [0.25, 0.3) is 5.91 Å². The molecule has 0 aliphatic carbocycles. The summed E-state index contributed by atoms with van der Waals surface area (Å²) in [5.41, 5.74) is 1.51. The molecule has 29 heavy (non-hydrogen) atoms. The summed E-state index contributed by atoms with van der Waals surface area (Å²) in [6.07, 6.45) is 3.00. The summed E-state index contributed by atoms with van der Waals surface area (Å²) in [5, 5.41) is 3.41. The lowest BCUT2D eigenvalue weighted by Crippen LogP contribution is -2.30. The largest absolute Gasteiger partial charge is 0.493 e. The molecule has 0 spiro atoms. The molecule has 1 fully saturated rings. The van der Waals surface area contributed by atoms with E-state index in [4.69, 9.17) is 32.7 Å². The molecule has 1 saturated heterocycles. The number of rotatable bonds is 7. The first-order valence-corrected chi connectivity index (χ1v) is 9.39. The predicted octanol–water partition coefficient (Wildman–Crippen LogP) is 4.66. The lowest BCUT2D eigenvalue weighted by Gasteiger charge is -2.14. The minimum Gasteiger partial charge on any atom is -0.493 e. The minimum absolute atomic E-state index is 0.126. The maximum atomic E-state index is 12.3. The Hall–Kier alpha value is -2.96. The third kappa shape index (κ3) is 4.55. The summed E-state index contributed by atoms with van der Waals surface area (Å²) in [7, 11) is 1.49. The summed E-state index contributed by atoms with van der Waals surface area (Å²) in [5.74, 6) is 0.298. The van der Waals surface area contributed by atoms with Gasteiger partial charge in [-0.3, -0.25) is 9.69 Å². The van der Waals surface area contributed by atoms with E-state index >= 15 is 0 Å². The Labute approximate surface area is 178 Å². The van der Waals surface area contributed by atoms with Gasteiger partial charge in [0, 0.05) is 17.1 Å². The first-order valence-electron chi connectivity index (χ1n) is 8.63. The van der Waals surface area contributed by atoms with E-state index in [0.29, 0.717) is 27.1 Å². The molecule has 6 nitrogen and oxygen atoms in total. The molecular weight excluding hydrogens is 415 g/mol. The Balaban J connectivity index is 1.85. The van der Waals surface area contributed by atoms with Crippen LogP contribution in [0.25, 0.3) is 6.08 Å². The van der Waals surface area contributed by atoms with Crippen LogP contribution in [-0.4, -0.2) is 30.5 Å². The first-order chi connectivity index (χ1) is 13.9. The molecule has 1 N–H and O–H groups in total. The van der Waals surface area contributed by atoms with Crippen molar-refractivity contribution >= 4 is 41.2 Å². The zero-order chi connectivity index (χ0) is 21.0. The second-order valence-electron chi connectivity index (χ2n) is 6.11.